The Morgan fingerprint density at radius 3 is 2.79 bits per heavy atom. The number of nitrogens with zero attached hydrogens (tertiary/aromatic N) is 3. The molecule has 2 aromatic rings. The molecular weight excluding hydrogens is 272 g/mol. The number of hydrogen-bond acceptors (Lipinski definition) is 7. The van der Waals surface area contributed by atoms with Crippen molar-refractivity contribution in [1.82, 2.24) is 20.0 Å². The van der Waals surface area contributed by atoms with Gasteiger partial charge in [-0.05, 0) is 19.8 Å². The van der Waals surface area contributed by atoms with Crippen LogP contribution in [-0.4, -0.2) is 29.0 Å². The normalized spacial score (nSPS) is 15.8. The molecule has 9 heteroatoms. The first-order chi connectivity index (χ1) is 9.04. The van der Waals surface area contributed by atoms with Gasteiger partial charge in [0.2, 0.25) is 21.7 Å². The van der Waals surface area contributed by atoms with Gasteiger partial charge in [-0.25, -0.2) is 13.1 Å². The standard InChI is InChI=1S/C10H12N4O4S/c1-6-4-8(13-17-6)10-12-9(18-14-10)5-11-19(15,16)7-2-3-7/h4,7,11H,2-3,5H2,1H3. The van der Waals surface area contributed by atoms with Gasteiger partial charge in [0.05, 0.1) is 11.8 Å². The summed E-state index contributed by atoms with van der Waals surface area (Å²) in [5.41, 5.74) is 0.456. The Hall–Kier alpha value is -1.74. The maximum Gasteiger partial charge on any atom is 0.242 e. The molecule has 0 atom stereocenters. The Labute approximate surface area is 109 Å². The van der Waals surface area contributed by atoms with Crippen LogP contribution < -0.4 is 4.72 Å². The Morgan fingerprint density at radius 2 is 2.16 bits per heavy atom. The number of sulfonamides is 1. The fourth-order valence-electron chi connectivity index (χ4n) is 1.56. The van der Waals surface area contributed by atoms with E-state index in [0.717, 1.165) is 0 Å². The van der Waals surface area contributed by atoms with Crippen LogP contribution in [0.3, 0.4) is 0 Å². The maximum absolute atomic E-state index is 11.6. The highest BCUT2D eigenvalue weighted by Gasteiger charge is 2.35. The van der Waals surface area contributed by atoms with Crippen LogP contribution in [0.15, 0.2) is 15.1 Å². The van der Waals surface area contributed by atoms with Gasteiger partial charge in [-0.15, -0.1) is 0 Å². The third kappa shape index (κ3) is 2.66. The van der Waals surface area contributed by atoms with Crippen LogP contribution in [0.25, 0.3) is 11.5 Å². The van der Waals surface area contributed by atoms with Crippen molar-refractivity contribution in [2.45, 2.75) is 31.6 Å². The lowest BCUT2D eigenvalue weighted by atomic mass is 10.4. The van der Waals surface area contributed by atoms with Crippen LogP contribution in [0.5, 0.6) is 0 Å². The van der Waals surface area contributed by atoms with Crippen molar-refractivity contribution in [2.75, 3.05) is 0 Å². The number of hydrogen-bond donors (Lipinski definition) is 1. The molecule has 0 radical (unpaired) electrons. The second kappa shape index (κ2) is 4.42. The van der Waals surface area contributed by atoms with E-state index in [1.807, 2.05) is 0 Å². The molecule has 0 saturated heterocycles. The highest BCUT2D eigenvalue weighted by atomic mass is 32.2. The van der Waals surface area contributed by atoms with E-state index >= 15 is 0 Å². The first-order valence-corrected chi connectivity index (χ1v) is 7.34. The summed E-state index contributed by atoms with van der Waals surface area (Å²) in [6, 6.07) is 1.67. The molecule has 1 fully saturated rings. The number of aryl methyl sites for hydroxylation is 1. The van der Waals surface area contributed by atoms with Crippen molar-refractivity contribution in [2.24, 2.45) is 0 Å². The minimum atomic E-state index is -3.25. The second-order valence-electron chi connectivity index (χ2n) is 4.40. The smallest absolute Gasteiger partial charge is 0.242 e. The van der Waals surface area contributed by atoms with Crippen molar-refractivity contribution in [1.29, 1.82) is 0 Å². The molecule has 0 aromatic carbocycles. The molecule has 0 spiro atoms. The molecule has 102 valence electrons. The molecule has 8 nitrogen and oxygen atoms in total. The van der Waals surface area contributed by atoms with Gasteiger partial charge in [0.1, 0.15) is 5.76 Å². The van der Waals surface area contributed by atoms with Crippen molar-refractivity contribution in [3.05, 3.63) is 17.7 Å². The van der Waals surface area contributed by atoms with Crippen molar-refractivity contribution in [3.8, 4) is 11.5 Å². The molecule has 2 heterocycles. The first kappa shape index (κ1) is 12.3. The minimum Gasteiger partial charge on any atom is -0.361 e. The first-order valence-electron chi connectivity index (χ1n) is 5.79. The topological polar surface area (TPSA) is 111 Å². The van der Waals surface area contributed by atoms with Gasteiger partial charge in [0.25, 0.3) is 0 Å². The number of rotatable bonds is 5. The minimum absolute atomic E-state index is 0.0112. The van der Waals surface area contributed by atoms with E-state index in [-0.39, 0.29) is 23.5 Å². The van der Waals surface area contributed by atoms with Crippen LogP contribution >= 0.6 is 0 Å². The summed E-state index contributed by atoms with van der Waals surface area (Å²) in [5, 5.41) is 7.19. The Morgan fingerprint density at radius 1 is 1.37 bits per heavy atom. The van der Waals surface area contributed by atoms with Gasteiger partial charge in [-0.1, -0.05) is 10.3 Å². The van der Waals surface area contributed by atoms with Crippen molar-refractivity contribution in [3.63, 3.8) is 0 Å². The SMILES string of the molecule is Cc1cc(-c2noc(CNS(=O)(=O)C3CC3)n2)no1. The molecule has 0 unspecified atom stereocenters. The molecule has 1 N–H and O–H groups in total. The van der Waals surface area contributed by atoms with Crippen molar-refractivity contribution < 1.29 is 17.5 Å². The second-order valence-corrected chi connectivity index (χ2v) is 6.45. The highest BCUT2D eigenvalue weighted by molar-refractivity contribution is 7.90. The average Bonchev–Trinajstić information content (AvgIpc) is 2.99. The molecule has 0 amide bonds. The number of aromatic nitrogens is 3. The average molecular weight is 284 g/mol. The van der Waals surface area contributed by atoms with Gasteiger partial charge in [0, 0.05) is 6.07 Å². The third-order valence-corrected chi connectivity index (χ3v) is 4.61. The third-order valence-electron chi connectivity index (χ3n) is 2.71. The molecule has 19 heavy (non-hydrogen) atoms. The molecule has 0 aliphatic heterocycles. The molecule has 1 aliphatic carbocycles. The monoisotopic (exact) mass is 284 g/mol. The summed E-state index contributed by atoms with van der Waals surface area (Å²) in [5.74, 6) is 1.10. The summed E-state index contributed by atoms with van der Waals surface area (Å²) in [6.45, 7) is 1.74. The van der Waals surface area contributed by atoms with Crippen LogP contribution in [0, 0.1) is 6.92 Å². The molecule has 3 rings (SSSR count). The zero-order valence-corrected chi connectivity index (χ0v) is 11.0. The van der Waals surface area contributed by atoms with Crippen molar-refractivity contribution >= 4 is 10.0 Å². The Balaban J connectivity index is 1.68. The lowest BCUT2D eigenvalue weighted by Gasteiger charge is -2.00. The molecule has 1 aliphatic rings. The summed E-state index contributed by atoms with van der Waals surface area (Å²) in [6.07, 6.45) is 1.42. The molecular formula is C10H12N4O4S. The molecule has 1 saturated carbocycles. The fraction of sp³-hybridized carbons (Fsp3) is 0.500. The van der Waals surface area contributed by atoms with Crippen LogP contribution in [0.4, 0.5) is 0 Å². The van der Waals surface area contributed by atoms with E-state index in [9.17, 15) is 8.42 Å². The summed E-state index contributed by atoms with van der Waals surface area (Å²) in [4.78, 5) is 4.05. The van der Waals surface area contributed by atoms with Gasteiger partial charge in [-0.3, -0.25) is 0 Å². The van der Waals surface area contributed by atoms with E-state index in [1.54, 1.807) is 13.0 Å². The van der Waals surface area contributed by atoms with Crippen LogP contribution in [-0.2, 0) is 16.6 Å². The summed E-state index contributed by atoms with van der Waals surface area (Å²) in [7, 11) is -3.25. The predicted molar refractivity (Wildman–Crippen MR) is 63.3 cm³/mol. The fourth-order valence-corrected chi connectivity index (χ4v) is 2.88. The van der Waals surface area contributed by atoms with E-state index in [0.29, 0.717) is 24.3 Å². The van der Waals surface area contributed by atoms with Crippen LogP contribution in [0.1, 0.15) is 24.5 Å². The van der Waals surface area contributed by atoms with Gasteiger partial charge >= 0.3 is 0 Å². The summed E-state index contributed by atoms with van der Waals surface area (Å²) < 4.78 is 35.5. The Kier molecular flexibility index (Phi) is 2.86. The van der Waals surface area contributed by atoms with E-state index in [1.165, 1.54) is 0 Å². The predicted octanol–water partition coefficient (Wildman–Crippen LogP) is 0.615. The molecule has 0 bridgehead atoms. The van der Waals surface area contributed by atoms with E-state index in [4.69, 9.17) is 9.05 Å². The maximum atomic E-state index is 11.6. The summed E-state index contributed by atoms with van der Waals surface area (Å²) >= 11 is 0. The van der Waals surface area contributed by atoms with Crippen LogP contribution in [0.2, 0.25) is 0 Å². The zero-order chi connectivity index (χ0) is 13.5. The molecule has 2 aromatic heterocycles. The van der Waals surface area contributed by atoms with Gasteiger partial charge < -0.3 is 9.05 Å². The highest BCUT2D eigenvalue weighted by Crippen LogP contribution is 2.27. The van der Waals surface area contributed by atoms with E-state index < -0.39 is 10.0 Å². The lowest BCUT2D eigenvalue weighted by Crippen LogP contribution is -2.26. The quantitative estimate of drug-likeness (QED) is 0.856. The van der Waals surface area contributed by atoms with Gasteiger partial charge in [0.15, 0.2) is 5.69 Å². The van der Waals surface area contributed by atoms with Gasteiger partial charge in [-0.2, -0.15) is 4.98 Å². The number of nitrogens with one attached hydrogen (secondary N) is 1. The lowest BCUT2D eigenvalue weighted by molar-refractivity contribution is 0.374. The Bertz CT molecular complexity index is 686. The largest absolute Gasteiger partial charge is 0.361 e. The zero-order valence-electron chi connectivity index (χ0n) is 10.2. The van der Waals surface area contributed by atoms with E-state index in [2.05, 4.69) is 20.0 Å².